The van der Waals surface area contributed by atoms with Crippen LogP contribution >= 0.6 is 15.9 Å². The third kappa shape index (κ3) is 7.50. The predicted molar refractivity (Wildman–Crippen MR) is 92.9 cm³/mol. The molecule has 0 aliphatic carbocycles. The zero-order valence-corrected chi connectivity index (χ0v) is 15.8. The molecule has 0 bridgehead atoms. The minimum Gasteiger partial charge on any atom is -0.444 e. The zero-order valence-electron chi connectivity index (χ0n) is 14.2. The van der Waals surface area contributed by atoms with Crippen LogP contribution < -0.4 is 10.1 Å². The SMILES string of the molecule is Cc1ccc(CBr)c(OC(=O)CC(C)NC(=O)OC(C)(C)C)c1. The summed E-state index contributed by atoms with van der Waals surface area (Å²) in [5, 5.41) is 3.22. The van der Waals surface area contributed by atoms with Gasteiger partial charge in [0.1, 0.15) is 11.4 Å². The van der Waals surface area contributed by atoms with Crippen molar-refractivity contribution < 1.29 is 19.1 Å². The lowest BCUT2D eigenvalue weighted by Crippen LogP contribution is -2.39. The Kier molecular flexibility index (Phi) is 7.06. The number of rotatable bonds is 5. The summed E-state index contributed by atoms with van der Waals surface area (Å²) in [6, 6.07) is 5.31. The number of hydrogen-bond acceptors (Lipinski definition) is 4. The lowest BCUT2D eigenvalue weighted by molar-refractivity contribution is -0.134. The van der Waals surface area contributed by atoms with E-state index in [1.165, 1.54) is 0 Å². The first-order valence-corrected chi connectivity index (χ1v) is 8.58. The van der Waals surface area contributed by atoms with E-state index in [9.17, 15) is 9.59 Å². The van der Waals surface area contributed by atoms with E-state index in [-0.39, 0.29) is 12.5 Å². The molecule has 128 valence electrons. The van der Waals surface area contributed by atoms with E-state index in [1.54, 1.807) is 27.7 Å². The van der Waals surface area contributed by atoms with Gasteiger partial charge in [-0.25, -0.2) is 4.79 Å². The highest BCUT2D eigenvalue weighted by atomic mass is 79.9. The van der Waals surface area contributed by atoms with Crippen molar-refractivity contribution in [3.8, 4) is 5.75 Å². The maximum Gasteiger partial charge on any atom is 0.407 e. The fraction of sp³-hybridized carbons (Fsp3) is 0.529. The van der Waals surface area contributed by atoms with E-state index >= 15 is 0 Å². The third-order valence-electron chi connectivity index (χ3n) is 2.83. The van der Waals surface area contributed by atoms with Crippen molar-refractivity contribution in [1.29, 1.82) is 0 Å². The highest BCUT2D eigenvalue weighted by Crippen LogP contribution is 2.23. The van der Waals surface area contributed by atoms with Crippen LogP contribution in [0.2, 0.25) is 0 Å². The van der Waals surface area contributed by atoms with Crippen molar-refractivity contribution in [3.63, 3.8) is 0 Å². The molecule has 0 heterocycles. The van der Waals surface area contributed by atoms with Crippen molar-refractivity contribution in [3.05, 3.63) is 29.3 Å². The van der Waals surface area contributed by atoms with E-state index < -0.39 is 17.7 Å². The first-order valence-electron chi connectivity index (χ1n) is 7.46. The summed E-state index contributed by atoms with van der Waals surface area (Å²) < 4.78 is 10.6. The average molecular weight is 386 g/mol. The van der Waals surface area contributed by atoms with E-state index in [0.29, 0.717) is 11.1 Å². The van der Waals surface area contributed by atoms with E-state index in [4.69, 9.17) is 9.47 Å². The van der Waals surface area contributed by atoms with E-state index in [1.807, 2.05) is 25.1 Å². The summed E-state index contributed by atoms with van der Waals surface area (Å²) in [4.78, 5) is 23.7. The second-order valence-electron chi connectivity index (χ2n) is 6.47. The normalized spacial score (nSPS) is 12.4. The third-order valence-corrected chi connectivity index (χ3v) is 3.43. The number of carbonyl (C=O) groups is 2. The first kappa shape index (κ1) is 19.5. The smallest absolute Gasteiger partial charge is 0.407 e. The maximum atomic E-state index is 12.0. The summed E-state index contributed by atoms with van der Waals surface area (Å²) in [5.74, 6) is 0.137. The molecule has 1 atom stereocenters. The van der Waals surface area contributed by atoms with Crippen molar-refractivity contribution in [2.45, 2.75) is 58.0 Å². The second kappa shape index (κ2) is 8.34. The van der Waals surface area contributed by atoms with Gasteiger partial charge in [0.2, 0.25) is 0 Å². The molecule has 1 unspecified atom stereocenters. The highest BCUT2D eigenvalue weighted by Gasteiger charge is 2.20. The quantitative estimate of drug-likeness (QED) is 0.470. The van der Waals surface area contributed by atoms with E-state index in [2.05, 4.69) is 21.2 Å². The van der Waals surface area contributed by atoms with Crippen LogP contribution in [0.3, 0.4) is 0 Å². The lowest BCUT2D eigenvalue weighted by Gasteiger charge is -2.21. The van der Waals surface area contributed by atoms with Gasteiger partial charge in [0, 0.05) is 16.9 Å². The van der Waals surface area contributed by atoms with Crippen molar-refractivity contribution >= 4 is 28.0 Å². The molecule has 23 heavy (non-hydrogen) atoms. The van der Waals surface area contributed by atoms with Gasteiger partial charge in [-0.05, 0) is 46.2 Å². The van der Waals surface area contributed by atoms with Gasteiger partial charge < -0.3 is 14.8 Å². The van der Waals surface area contributed by atoms with Gasteiger partial charge in [0.25, 0.3) is 0 Å². The molecule has 0 saturated heterocycles. The fourth-order valence-electron chi connectivity index (χ4n) is 1.84. The summed E-state index contributed by atoms with van der Waals surface area (Å²) in [6.07, 6.45) is -0.482. The number of alkyl halides is 1. The number of carbonyl (C=O) groups excluding carboxylic acids is 2. The largest absolute Gasteiger partial charge is 0.444 e. The summed E-state index contributed by atoms with van der Waals surface area (Å²) >= 11 is 3.37. The van der Waals surface area contributed by atoms with Gasteiger partial charge in [-0.15, -0.1) is 0 Å². The number of nitrogens with one attached hydrogen (secondary N) is 1. The maximum absolute atomic E-state index is 12.0. The number of ether oxygens (including phenoxy) is 2. The molecule has 0 aliphatic heterocycles. The van der Waals surface area contributed by atoms with Crippen LogP contribution in [0.25, 0.3) is 0 Å². The molecule has 1 aromatic carbocycles. The number of aryl methyl sites for hydroxylation is 1. The molecule has 0 spiro atoms. The minimum atomic E-state index is -0.573. The Bertz CT molecular complexity index is 566. The Labute approximate surface area is 145 Å². The molecular weight excluding hydrogens is 362 g/mol. The predicted octanol–water partition coefficient (Wildman–Crippen LogP) is 4.10. The van der Waals surface area contributed by atoms with Crippen molar-refractivity contribution in [1.82, 2.24) is 5.32 Å². The van der Waals surface area contributed by atoms with Crippen LogP contribution in [-0.2, 0) is 14.9 Å². The number of halogens is 1. The minimum absolute atomic E-state index is 0.0644. The standard InChI is InChI=1S/C17H24BrNO4/c1-11-6-7-13(10-18)14(8-11)22-15(20)9-12(2)19-16(21)23-17(3,4)5/h6-8,12H,9-10H2,1-5H3,(H,19,21). The van der Waals surface area contributed by atoms with Crippen LogP contribution in [0.4, 0.5) is 4.79 Å². The number of benzene rings is 1. The number of amides is 1. The second-order valence-corrected chi connectivity index (χ2v) is 7.03. The Morgan fingerprint density at radius 2 is 1.96 bits per heavy atom. The lowest BCUT2D eigenvalue weighted by atomic mass is 10.1. The molecule has 0 radical (unpaired) electrons. The van der Waals surface area contributed by atoms with Gasteiger partial charge in [-0.3, -0.25) is 4.79 Å². The Hall–Kier alpha value is -1.56. The average Bonchev–Trinajstić information content (AvgIpc) is 2.35. The molecule has 1 N–H and O–H groups in total. The van der Waals surface area contributed by atoms with Crippen LogP contribution in [-0.4, -0.2) is 23.7 Å². The fourth-order valence-corrected chi connectivity index (χ4v) is 2.30. The topological polar surface area (TPSA) is 64.6 Å². The van der Waals surface area contributed by atoms with Gasteiger partial charge in [-0.1, -0.05) is 28.1 Å². The highest BCUT2D eigenvalue weighted by molar-refractivity contribution is 9.08. The summed E-state index contributed by atoms with van der Waals surface area (Å²) in [5.41, 5.74) is 1.34. The van der Waals surface area contributed by atoms with Crippen molar-refractivity contribution in [2.75, 3.05) is 0 Å². The monoisotopic (exact) mass is 385 g/mol. The Balaban J connectivity index is 2.56. The molecule has 1 amide bonds. The van der Waals surface area contributed by atoms with Gasteiger partial charge in [0.05, 0.1) is 6.42 Å². The van der Waals surface area contributed by atoms with Crippen LogP contribution in [0, 0.1) is 6.92 Å². The number of hydrogen-bond donors (Lipinski definition) is 1. The summed E-state index contributed by atoms with van der Waals surface area (Å²) in [6.45, 7) is 9.01. The van der Waals surface area contributed by atoms with Crippen LogP contribution in [0.5, 0.6) is 5.75 Å². The van der Waals surface area contributed by atoms with E-state index in [0.717, 1.165) is 11.1 Å². The molecule has 1 rings (SSSR count). The first-order chi connectivity index (χ1) is 10.6. The number of esters is 1. The van der Waals surface area contributed by atoms with Crippen molar-refractivity contribution in [2.24, 2.45) is 0 Å². The molecule has 5 nitrogen and oxygen atoms in total. The van der Waals surface area contributed by atoms with Gasteiger partial charge in [-0.2, -0.15) is 0 Å². The molecule has 6 heteroatoms. The molecule has 0 fully saturated rings. The molecule has 1 aromatic rings. The summed E-state index contributed by atoms with van der Waals surface area (Å²) in [7, 11) is 0. The molecule has 0 saturated carbocycles. The molecule has 0 aliphatic rings. The zero-order chi connectivity index (χ0) is 17.6. The molecule has 0 aromatic heterocycles. The molecular formula is C17H24BrNO4. The Morgan fingerprint density at radius 1 is 1.30 bits per heavy atom. The van der Waals surface area contributed by atoms with Gasteiger partial charge in [0.15, 0.2) is 0 Å². The van der Waals surface area contributed by atoms with Crippen LogP contribution in [0.1, 0.15) is 45.2 Å². The number of alkyl carbamates (subject to hydrolysis) is 1. The van der Waals surface area contributed by atoms with Crippen LogP contribution in [0.15, 0.2) is 18.2 Å². The van der Waals surface area contributed by atoms with Gasteiger partial charge >= 0.3 is 12.1 Å². The Morgan fingerprint density at radius 3 is 2.52 bits per heavy atom.